The van der Waals surface area contributed by atoms with Gasteiger partial charge in [0, 0.05) is 5.57 Å². The zero-order chi connectivity index (χ0) is 12.0. The van der Waals surface area contributed by atoms with Gasteiger partial charge in [0.05, 0.1) is 13.2 Å². The van der Waals surface area contributed by atoms with E-state index in [2.05, 4.69) is 19.1 Å². The molecule has 0 aromatic rings. The van der Waals surface area contributed by atoms with Crippen molar-refractivity contribution >= 4 is 5.97 Å². The average molecular weight is 224 g/mol. The quantitative estimate of drug-likeness (QED) is 0.443. The van der Waals surface area contributed by atoms with Crippen LogP contribution < -0.4 is 0 Å². The first-order chi connectivity index (χ1) is 7.61. The van der Waals surface area contributed by atoms with Crippen molar-refractivity contribution in [2.75, 3.05) is 13.2 Å². The second-order valence-corrected chi connectivity index (χ2v) is 4.41. The molecule has 16 heavy (non-hydrogen) atoms. The fourth-order valence-electron chi connectivity index (χ4n) is 1.73. The van der Waals surface area contributed by atoms with Gasteiger partial charge in [-0.05, 0) is 37.7 Å². The Morgan fingerprint density at radius 2 is 2.19 bits per heavy atom. The summed E-state index contributed by atoms with van der Waals surface area (Å²) in [5, 5.41) is 8.64. The average Bonchev–Trinajstić information content (AvgIpc) is 2.26. The van der Waals surface area contributed by atoms with Crippen molar-refractivity contribution in [3.63, 3.8) is 0 Å². The molecule has 3 heteroatoms. The van der Waals surface area contributed by atoms with Gasteiger partial charge in [-0.1, -0.05) is 19.1 Å². The molecule has 0 radical (unpaired) electrons. The maximum absolute atomic E-state index is 10.5. The first-order valence-corrected chi connectivity index (χ1v) is 5.74. The van der Waals surface area contributed by atoms with E-state index in [0.29, 0.717) is 24.0 Å². The van der Waals surface area contributed by atoms with E-state index in [1.807, 2.05) is 0 Å². The van der Waals surface area contributed by atoms with Crippen LogP contribution in [0.25, 0.3) is 0 Å². The first-order valence-electron chi connectivity index (χ1n) is 5.74. The number of hydrogen-bond acceptors (Lipinski definition) is 2. The van der Waals surface area contributed by atoms with Crippen molar-refractivity contribution in [3.05, 3.63) is 23.8 Å². The molecule has 0 aromatic carbocycles. The summed E-state index contributed by atoms with van der Waals surface area (Å²) < 4.78 is 5.49. The molecule has 0 spiro atoms. The number of carboxylic acid groups (broad SMARTS) is 1. The van der Waals surface area contributed by atoms with Gasteiger partial charge in [-0.3, -0.25) is 0 Å². The molecule has 0 fully saturated rings. The van der Waals surface area contributed by atoms with Crippen molar-refractivity contribution in [1.82, 2.24) is 0 Å². The van der Waals surface area contributed by atoms with Gasteiger partial charge in [-0.2, -0.15) is 0 Å². The maximum Gasteiger partial charge on any atom is 0.331 e. The molecule has 90 valence electrons. The van der Waals surface area contributed by atoms with Gasteiger partial charge < -0.3 is 9.84 Å². The van der Waals surface area contributed by atoms with Crippen LogP contribution in [0.4, 0.5) is 0 Å². The van der Waals surface area contributed by atoms with Crippen molar-refractivity contribution in [2.45, 2.75) is 26.7 Å². The topological polar surface area (TPSA) is 46.5 Å². The van der Waals surface area contributed by atoms with Crippen molar-refractivity contribution < 1.29 is 14.6 Å². The smallest absolute Gasteiger partial charge is 0.331 e. The van der Waals surface area contributed by atoms with E-state index in [1.54, 1.807) is 13.0 Å². The molecule has 0 heterocycles. The number of carbonyl (C=O) groups is 1. The Kier molecular flexibility index (Phi) is 5.26. The molecule has 0 saturated carbocycles. The summed E-state index contributed by atoms with van der Waals surface area (Å²) >= 11 is 0. The lowest BCUT2D eigenvalue weighted by molar-refractivity contribution is -0.132. The van der Waals surface area contributed by atoms with Crippen molar-refractivity contribution in [3.8, 4) is 0 Å². The zero-order valence-corrected chi connectivity index (χ0v) is 9.98. The number of rotatable bonds is 5. The molecule has 0 bridgehead atoms. The van der Waals surface area contributed by atoms with E-state index >= 15 is 0 Å². The van der Waals surface area contributed by atoms with Crippen LogP contribution in [0.2, 0.25) is 0 Å². The van der Waals surface area contributed by atoms with Gasteiger partial charge in [-0.15, -0.1) is 0 Å². The van der Waals surface area contributed by atoms with Crippen LogP contribution in [-0.2, 0) is 9.53 Å². The second-order valence-electron chi connectivity index (χ2n) is 4.41. The van der Waals surface area contributed by atoms with Gasteiger partial charge in [0.25, 0.3) is 0 Å². The third-order valence-electron chi connectivity index (χ3n) is 3.09. The molecule has 2 unspecified atom stereocenters. The first kappa shape index (κ1) is 13.0. The van der Waals surface area contributed by atoms with Gasteiger partial charge in [0.1, 0.15) is 0 Å². The highest BCUT2D eigenvalue weighted by molar-refractivity contribution is 5.85. The molecule has 3 nitrogen and oxygen atoms in total. The van der Waals surface area contributed by atoms with Crippen LogP contribution in [0.3, 0.4) is 0 Å². The highest BCUT2D eigenvalue weighted by atomic mass is 16.5. The Morgan fingerprint density at radius 3 is 2.81 bits per heavy atom. The number of hydrogen-bond donors (Lipinski definition) is 1. The summed E-state index contributed by atoms with van der Waals surface area (Å²) in [7, 11) is 0. The second kappa shape index (κ2) is 6.48. The number of ether oxygens (including phenoxy) is 1. The third kappa shape index (κ3) is 4.19. The minimum absolute atomic E-state index is 0.344. The molecular weight excluding hydrogens is 204 g/mol. The lowest BCUT2D eigenvalue weighted by Gasteiger charge is -2.24. The van der Waals surface area contributed by atoms with E-state index < -0.39 is 5.97 Å². The minimum atomic E-state index is -0.877. The number of aliphatic carboxylic acids is 1. The summed E-state index contributed by atoms with van der Waals surface area (Å²) in [6, 6.07) is 0. The third-order valence-corrected chi connectivity index (χ3v) is 3.09. The normalized spacial score (nSPS) is 25.8. The Labute approximate surface area is 96.8 Å². The van der Waals surface area contributed by atoms with E-state index in [-0.39, 0.29) is 0 Å². The lowest BCUT2D eigenvalue weighted by Crippen LogP contribution is -2.19. The fourth-order valence-corrected chi connectivity index (χ4v) is 1.73. The minimum Gasteiger partial charge on any atom is -0.478 e. The molecule has 0 saturated heterocycles. The van der Waals surface area contributed by atoms with Crippen LogP contribution in [0.1, 0.15) is 26.7 Å². The van der Waals surface area contributed by atoms with Gasteiger partial charge in [0.2, 0.25) is 0 Å². The predicted octanol–water partition coefficient (Wildman–Crippen LogP) is 2.64. The number of carboxylic acids is 1. The molecule has 1 aliphatic rings. The van der Waals surface area contributed by atoms with Crippen molar-refractivity contribution in [1.29, 1.82) is 0 Å². The van der Waals surface area contributed by atoms with Crippen molar-refractivity contribution in [2.24, 2.45) is 11.8 Å². The molecule has 1 rings (SSSR count). The van der Waals surface area contributed by atoms with E-state index in [4.69, 9.17) is 9.84 Å². The largest absolute Gasteiger partial charge is 0.478 e. The molecule has 0 aliphatic heterocycles. The monoisotopic (exact) mass is 224 g/mol. The van der Waals surface area contributed by atoms with Crippen LogP contribution in [-0.4, -0.2) is 24.3 Å². The Morgan fingerprint density at radius 1 is 1.50 bits per heavy atom. The van der Waals surface area contributed by atoms with E-state index in [9.17, 15) is 4.79 Å². The van der Waals surface area contributed by atoms with Crippen LogP contribution >= 0.6 is 0 Å². The highest BCUT2D eigenvalue weighted by Gasteiger charge is 2.17. The molecule has 2 atom stereocenters. The summed E-state index contributed by atoms with van der Waals surface area (Å²) in [6.45, 7) is 4.92. The maximum atomic E-state index is 10.5. The predicted molar refractivity (Wildman–Crippen MR) is 63.2 cm³/mol. The fraction of sp³-hybridized carbons (Fsp3) is 0.615. The van der Waals surface area contributed by atoms with E-state index in [1.165, 1.54) is 0 Å². The highest BCUT2D eigenvalue weighted by Crippen LogP contribution is 2.24. The van der Waals surface area contributed by atoms with Crippen LogP contribution in [0.15, 0.2) is 23.8 Å². The Hall–Kier alpha value is -1.09. The van der Waals surface area contributed by atoms with E-state index in [0.717, 1.165) is 19.4 Å². The molecular formula is C13H20O3. The summed E-state index contributed by atoms with van der Waals surface area (Å²) in [5.74, 6) is 0.357. The molecule has 0 aromatic heterocycles. The summed E-state index contributed by atoms with van der Waals surface area (Å²) in [4.78, 5) is 10.5. The molecule has 0 amide bonds. The van der Waals surface area contributed by atoms with Crippen LogP contribution in [0, 0.1) is 11.8 Å². The van der Waals surface area contributed by atoms with Gasteiger partial charge in [0.15, 0.2) is 0 Å². The van der Waals surface area contributed by atoms with Gasteiger partial charge >= 0.3 is 5.97 Å². The van der Waals surface area contributed by atoms with Gasteiger partial charge in [-0.25, -0.2) is 4.79 Å². The SMILES string of the molecule is CC(=CCOCC1CC=CCC1C)C(=O)O. The standard InChI is InChI=1S/C13H20O3/c1-10-5-3-4-6-12(10)9-16-8-7-11(2)13(14)15/h3-4,7,10,12H,5-6,8-9H2,1-2H3,(H,14,15). The molecule has 1 aliphatic carbocycles. The lowest BCUT2D eigenvalue weighted by atomic mass is 9.85. The molecule has 1 N–H and O–H groups in total. The summed E-state index contributed by atoms with van der Waals surface area (Å²) in [5.41, 5.74) is 0.344. The van der Waals surface area contributed by atoms with Crippen LogP contribution in [0.5, 0.6) is 0 Å². The zero-order valence-electron chi connectivity index (χ0n) is 9.98. The number of allylic oxidation sites excluding steroid dienone is 2. The summed E-state index contributed by atoms with van der Waals surface area (Å²) in [6.07, 6.45) is 8.23. The Bertz CT molecular complexity index is 292. The Balaban J connectivity index is 2.23.